The molecule has 2 aromatic carbocycles. The predicted octanol–water partition coefficient (Wildman–Crippen LogP) is 5.50. The van der Waals surface area contributed by atoms with Crippen LogP contribution in [0.5, 0.6) is 11.5 Å². The normalized spacial score (nSPS) is 12.5. The summed E-state index contributed by atoms with van der Waals surface area (Å²) in [5, 5.41) is 2.31. The van der Waals surface area contributed by atoms with E-state index in [0.717, 1.165) is 11.6 Å². The van der Waals surface area contributed by atoms with Crippen molar-refractivity contribution < 1.29 is 36.7 Å². The second kappa shape index (κ2) is 10.9. The standard InChI is InChI=1S/C26H26F3N3O5/c1-17(2)32(25(34)30-21-8-4-3-7-20(21)26(27,28)29)15-24(33)31(14-19-6-5-11-35-19)13-18-9-10-22-23(12-18)37-16-36-22/h3-12,17H,13-16H2,1-2H3,(H,30,34). The zero-order valence-corrected chi connectivity index (χ0v) is 20.2. The average molecular weight is 518 g/mol. The first-order chi connectivity index (χ1) is 17.6. The zero-order chi connectivity index (χ0) is 26.6. The number of ether oxygens (including phenoxy) is 2. The van der Waals surface area contributed by atoms with Gasteiger partial charge in [-0.3, -0.25) is 4.79 Å². The summed E-state index contributed by atoms with van der Waals surface area (Å²) in [4.78, 5) is 29.1. The van der Waals surface area contributed by atoms with Crippen LogP contribution in [0.2, 0.25) is 0 Å². The summed E-state index contributed by atoms with van der Waals surface area (Å²) >= 11 is 0. The molecule has 37 heavy (non-hydrogen) atoms. The Morgan fingerprint density at radius 3 is 2.46 bits per heavy atom. The minimum atomic E-state index is -4.65. The number of amides is 3. The number of carbonyl (C=O) groups excluding carboxylic acids is 2. The highest BCUT2D eigenvalue weighted by Crippen LogP contribution is 2.35. The van der Waals surface area contributed by atoms with Crippen molar-refractivity contribution in [3.05, 3.63) is 77.7 Å². The maximum atomic E-state index is 13.4. The van der Waals surface area contributed by atoms with E-state index in [1.54, 1.807) is 44.2 Å². The number of para-hydroxylation sites is 1. The van der Waals surface area contributed by atoms with E-state index in [2.05, 4.69) is 5.32 Å². The zero-order valence-electron chi connectivity index (χ0n) is 20.2. The molecule has 1 aliphatic heterocycles. The van der Waals surface area contributed by atoms with E-state index in [1.807, 2.05) is 0 Å². The van der Waals surface area contributed by atoms with E-state index in [0.29, 0.717) is 17.3 Å². The summed E-state index contributed by atoms with van der Waals surface area (Å²) in [5.74, 6) is 1.29. The summed E-state index contributed by atoms with van der Waals surface area (Å²) in [6, 6.07) is 12.1. The van der Waals surface area contributed by atoms with E-state index in [1.165, 1.54) is 34.3 Å². The SMILES string of the molecule is CC(C)N(CC(=O)N(Cc1ccc2c(c1)OCO2)Cc1ccco1)C(=O)Nc1ccccc1C(F)(F)F. The number of nitrogens with zero attached hydrogens (tertiary/aromatic N) is 2. The van der Waals surface area contributed by atoms with E-state index in [9.17, 15) is 22.8 Å². The fourth-order valence-corrected chi connectivity index (χ4v) is 3.84. The van der Waals surface area contributed by atoms with Gasteiger partial charge in [-0.15, -0.1) is 0 Å². The lowest BCUT2D eigenvalue weighted by Crippen LogP contribution is -2.47. The molecular formula is C26H26F3N3O5. The van der Waals surface area contributed by atoms with Gasteiger partial charge in [-0.1, -0.05) is 18.2 Å². The van der Waals surface area contributed by atoms with Crippen molar-refractivity contribution in [3.8, 4) is 11.5 Å². The van der Waals surface area contributed by atoms with Crippen LogP contribution < -0.4 is 14.8 Å². The number of hydrogen-bond donors (Lipinski definition) is 1. The van der Waals surface area contributed by atoms with E-state index >= 15 is 0 Å². The van der Waals surface area contributed by atoms with Crippen molar-refractivity contribution in [3.63, 3.8) is 0 Å². The smallest absolute Gasteiger partial charge is 0.418 e. The van der Waals surface area contributed by atoms with Crippen molar-refractivity contribution >= 4 is 17.6 Å². The van der Waals surface area contributed by atoms with Gasteiger partial charge in [-0.25, -0.2) is 4.79 Å². The summed E-state index contributed by atoms with van der Waals surface area (Å²) in [6.07, 6.45) is -3.16. The van der Waals surface area contributed by atoms with Gasteiger partial charge in [0.15, 0.2) is 11.5 Å². The number of carbonyl (C=O) groups is 2. The fraction of sp³-hybridized carbons (Fsp3) is 0.308. The summed E-state index contributed by atoms with van der Waals surface area (Å²) in [6.45, 7) is 3.42. The molecule has 0 fully saturated rings. The summed E-state index contributed by atoms with van der Waals surface area (Å²) in [5.41, 5.74) is -0.588. The maximum absolute atomic E-state index is 13.4. The predicted molar refractivity (Wildman–Crippen MR) is 128 cm³/mol. The number of rotatable bonds is 8. The molecule has 8 nitrogen and oxygen atoms in total. The molecule has 0 saturated heterocycles. The van der Waals surface area contributed by atoms with Crippen molar-refractivity contribution in [2.75, 3.05) is 18.7 Å². The Morgan fingerprint density at radius 1 is 1.00 bits per heavy atom. The number of anilines is 1. The number of urea groups is 1. The van der Waals surface area contributed by atoms with Crippen LogP contribution >= 0.6 is 0 Å². The van der Waals surface area contributed by atoms with Gasteiger partial charge < -0.3 is 29.0 Å². The first kappa shape index (κ1) is 25.9. The largest absolute Gasteiger partial charge is 0.467 e. The first-order valence-corrected chi connectivity index (χ1v) is 11.5. The molecule has 0 aliphatic carbocycles. The summed E-state index contributed by atoms with van der Waals surface area (Å²) in [7, 11) is 0. The first-order valence-electron chi connectivity index (χ1n) is 11.5. The molecule has 3 aromatic rings. The highest BCUT2D eigenvalue weighted by atomic mass is 19.4. The van der Waals surface area contributed by atoms with Crippen LogP contribution in [0.3, 0.4) is 0 Å². The Labute approximate surface area is 211 Å². The Kier molecular flexibility index (Phi) is 7.61. The Balaban J connectivity index is 1.52. The van der Waals surface area contributed by atoms with Crippen LogP contribution in [0.15, 0.2) is 65.3 Å². The number of hydrogen-bond acceptors (Lipinski definition) is 5. The van der Waals surface area contributed by atoms with Crippen molar-refractivity contribution in [2.24, 2.45) is 0 Å². The van der Waals surface area contributed by atoms with Crippen molar-refractivity contribution in [1.82, 2.24) is 9.80 Å². The second-order valence-electron chi connectivity index (χ2n) is 8.71. The van der Waals surface area contributed by atoms with Crippen LogP contribution in [0.4, 0.5) is 23.7 Å². The van der Waals surface area contributed by atoms with Gasteiger partial charge in [0.25, 0.3) is 0 Å². The van der Waals surface area contributed by atoms with Gasteiger partial charge in [0, 0.05) is 12.6 Å². The molecule has 196 valence electrons. The van der Waals surface area contributed by atoms with Gasteiger partial charge in [-0.05, 0) is 55.8 Å². The molecule has 0 unspecified atom stereocenters. The molecule has 3 amide bonds. The minimum Gasteiger partial charge on any atom is -0.467 e. The number of fused-ring (bicyclic) bond motifs is 1. The van der Waals surface area contributed by atoms with Gasteiger partial charge >= 0.3 is 12.2 Å². The molecule has 0 atom stereocenters. The number of benzene rings is 2. The fourth-order valence-electron chi connectivity index (χ4n) is 3.84. The molecule has 0 radical (unpaired) electrons. The Bertz CT molecular complexity index is 1240. The molecule has 0 spiro atoms. The van der Waals surface area contributed by atoms with E-state index in [-0.39, 0.29) is 32.1 Å². The van der Waals surface area contributed by atoms with Crippen molar-refractivity contribution in [1.29, 1.82) is 0 Å². The number of halogens is 3. The number of furan rings is 1. The van der Waals surface area contributed by atoms with Gasteiger partial charge in [0.05, 0.1) is 24.1 Å². The molecule has 2 heterocycles. The van der Waals surface area contributed by atoms with E-state index < -0.39 is 29.7 Å². The molecule has 1 N–H and O–H groups in total. The third-order valence-corrected chi connectivity index (χ3v) is 5.75. The van der Waals surface area contributed by atoms with Crippen LogP contribution in [-0.2, 0) is 24.1 Å². The molecule has 4 rings (SSSR count). The minimum absolute atomic E-state index is 0.115. The van der Waals surface area contributed by atoms with Gasteiger partial charge in [0.2, 0.25) is 12.7 Å². The van der Waals surface area contributed by atoms with Gasteiger partial charge in [-0.2, -0.15) is 13.2 Å². The quantitative estimate of drug-likeness (QED) is 0.427. The molecule has 0 saturated carbocycles. The lowest BCUT2D eigenvalue weighted by molar-refractivity contribution is -0.137. The number of nitrogens with one attached hydrogen (secondary N) is 1. The average Bonchev–Trinajstić information content (AvgIpc) is 3.53. The third-order valence-electron chi connectivity index (χ3n) is 5.75. The monoisotopic (exact) mass is 517 g/mol. The molecular weight excluding hydrogens is 491 g/mol. The van der Waals surface area contributed by atoms with Crippen LogP contribution in [0.1, 0.15) is 30.7 Å². The highest BCUT2D eigenvalue weighted by molar-refractivity contribution is 5.93. The van der Waals surface area contributed by atoms with Gasteiger partial charge in [0.1, 0.15) is 12.3 Å². The third kappa shape index (κ3) is 6.35. The molecule has 11 heteroatoms. The molecule has 1 aliphatic rings. The van der Waals surface area contributed by atoms with E-state index in [4.69, 9.17) is 13.9 Å². The highest BCUT2D eigenvalue weighted by Gasteiger charge is 2.34. The van der Waals surface area contributed by atoms with Crippen LogP contribution in [-0.4, -0.2) is 41.1 Å². The lowest BCUT2D eigenvalue weighted by atomic mass is 10.1. The molecule has 0 bridgehead atoms. The Hall–Kier alpha value is -4.15. The van der Waals surface area contributed by atoms with Crippen LogP contribution in [0.25, 0.3) is 0 Å². The molecule has 1 aromatic heterocycles. The Morgan fingerprint density at radius 2 is 1.76 bits per heavy atom. The lowest BCUT2D eigenvalue weighted by Gasteiger charge is -2.30. The second-order valence-corrected chi connectivity index (χ2v) is 8.71. The van der Waals surface area contributed by atoms with Crippen molar-refractivity contribution in [2.45, 2.75) is 39.2 Å². The van der Waals surface area contributed by atoms with Crippen LogP contribution in [0, 0.1) is 0 Å². The number of alkyl halides is 3. The topological polar surface area (TPSA) is 84.2 Å². The summed E-state index contributed by atoms with van der Waals surface area (Å²) < 4.78 is 56.3. The maximum Gasteiger partial charge on any atom is 0.418 e.